The maximum Gasteiger partial charge on any atom is 0.331 e. The van der Waals surface area contributed by atoms with Crippen LogP contribution in [0, 0.1) is 0 Å². The molecule has 27 heavy (non-hydrogen) atoms. The maximum atomic E-state index is 12.1. The van der Waals surface area contributed by atoms with Crippen LogP contribution in [0.3, 0.4) is 0 Å². The largest absolute Gasteiger partial charge is 0.452 e. The van der Waals surface area contributed by atoms with Gasteiger partial charge in [-0.1, -0.05) is 48.5 Å². The number of anilines is 1. The predicted molar refractivity (Wildman–Crippen MR) is 111 cm³/mol. The van der Waals surface area contributed by atoms with Gasteiger partial charge in [-0.3, -0.25) is 4.79 Å². The van der Waals surface area contributed by atoms with Crippen molar-refractivity contribution in [3.05, 3.63) is 78.4 Å². The lowest BCUT2D eigenvalue weighted by Crippen LogP contribution is -2.20. The zero-order valence-corrected chi connectivity index (χ0v) is 15.7. The Morgan fingerprint density at radius 3 is 2.52 bits per heavy atom. The fourth-order valence-corrected chi connectivity index (χ4v) is 2.99. The zero-order chi connectivity index (χ0) is 19.1. The molecule has 3 aromatic carbocycles. The molecule has 0 saturated carbocycles. The van der Waals surface area contributed by atoms with Crippen LogP contribution in [0.1, 0.15) is 5.56 Å². The summed E-state index contributed by atoms with van der Waals surface area (Å²) < 4.78 is 5.01. The lowest BCUT2D eigenvalue weighted by molar-refractivity contribution is -0.142. The van der Waals surface area contributed by atoms with Crippen LogP contribution in [0.4, 0.5) is 5.69 Å². The quantitative estimate of drug-likeness (QED) is 0.382. The summed E-state index contributed by atoms with van der Waals surface area (Å²) in [5.74, 6) is -0.936. The van der Waals surface area contributed by atoms with Gasteiger partial charge in [0.2, 0.25) is 0 Å². The summed E-state index contributed by atoms with van der Waals surface area (Å²) in [6, 6.07) is 21.2. The highest BCUT2D eigenvalue weighted by Crippen LogP contribution is 2.22. The first-order valence-corrected chi connectivity index (χ1v) is 9.65. The third kappa shape index (κ3) is 5.21. The van der Waals surface area contributed by atoms with E-state index in [0.717, 1.165) is 21.2 Å². The molecule has 0 spiro atoms. The Morgan fingerprint density at radius 1 is 1.00 bits per heavy atom. The normalized spacial score (nSPS) is 10.9. The molecule has 136 valence electrons. The maximum absolute atomic E-state index is 12.1. The van der Waals surface area contributed by atoms with Crippen LogP contribution in [0.5, 0.6) is 0 Å². The molecule has 5 heteroatoms. The van der Waals surface area contributed by atoms with E-state index in [0.29, 0.717) is 5.69 Å². The van der Waals surface area contributed by atoms with E-state index in [-0.39, 0.29) is 12.5 Å². The second-order valence-electron chi connectivity index (χ2n) is 5.79. The Labute approximate surface area is 162 Å². The highest BCUT2D eigenvalue weighted by atomic mass is 32.2. The SMILES string of the molecule is CSc1ccc(/C=C/C(=O)OCC(=O)Nc2cccc3ccccc23)cc1. The van der Waals surface area contributed by atoms with Crippen LogP contribution < -0.4 is 5.32 Å². The van der Waals surface area contributed by atoms with Crippen molar-refractivity contribution in [1.29, 1.82) is 0 Å². The molecular formula is C22H19NO3S. The van der Waals surface area contributed by atoms with E-state index in [1.165, 1.54) is 6.08 Å². The highest BCUT2D eigenvalue weighted by Gasteiger charge is 2.08. The van der Waals surface area contributed by atoms with Gasteiger partial charge in [0.1, 0.15) is 0 Å². The Hall–Kier alpha value is -3.05. The Kier molecular flexibility index (Phi) is 6.28. The molecule has 0 aliphatic heterocycles. The van der Waals surface area contributed by atoms with Gasteiger partial charge in [0.25, 0.3) is 5.91 Å². The van der Waals surface area contributed by atoms with Crippen LogP contribution in [0.25, 0.3) is 16.8 Å². The van der Waals surface area contributed by atoms with E-state index in [2.05, 4.69) is 5.32 Å². The summed E-state index contributed by atoms with van der Waals surface area (Å²) in [6.45, 7) is -0.336. The number of carbonyl (C=O) groups is 2. The number of fused-ring (bicyclic) bond motifs is 1. The van der Waals surface area contributed by atoms with Gasteiger partial charge >= 0.3 is 5.97 Å². The van der Waals surface area contributed by atoms with E-state index in [4.69, 9.17) is 4.74 Å². The van der Waals surface area contributed by atoms with Crippen molar-refractivity contribution in [2.75, 3.05) is 18.2 Å². The van der Waals surface area contributed by atoms with E-state index >= 15 is 0 Å². The van der Waals surface area contributed by atoms with Crippen molar-refractivity contribution in [1.82, 2.24) is 0 Å². The third-order valence-corrected chi connectivity index (χ3v) is 4.68. The minimum absolute atomic E-state index is 0.336. The molecule has 0 aliphatic carbocycles. The van der Waals surface area contributed by atoms with Crippen molar-refractivity contribution >= 4 is 46.2 Å². The van der Waals surface area contributed by atoms with Gasteiger partial charge in [0.05, 0.1) is 0 Å². The summed E-state index contributed by atoms with van der Waals surface area (Å²) >= 11 is 1.65. The molecule has 0 radical (unpaired) electrons. The summed E-state index contributed by atoms with van der Waals surface area (Å²) in [5, 5.41) is 4.75. The minimum Gasteiger partial charge on any atom is -0.452 e. The number of benzene rings is 3. The second-order valence-corrected chi connectivity index (χ2v) is 6.67. The van der Waals surface area contributed by atoms with Crippen molar-refractivity contribution in [3.63, 3.8) is 0 Å². The molecule has 0 bridgehead atoms. The summed E-state index contributed by atoms with van der Waals surface area (Å²) in [7, 11) is 0. The van der Waals surface area contributed by atoms with Gasteiger partial charge < -0.3 is 10.1 Å². The molecule has 4 nitrogen and oxygen atoms in total. The Morgan fingerprint density at radius 2 is 1.74 bits per heavy atom. The van der Waals surface area contributed by atoms with E-state index < -0.39 is 5.97 Å². The number of carbonyl (C=O) groups excluding carboxylic acids is 2. The lowest BCUT2D eigenvalue weighted by Gasteiger charge is -2.08. The fourth-order valence-electron chi connectivity index (χ4n) is 2.58. The zero-order valence-electron chi connectivity index (χ0n) is 14.8. The van der Waals surface area contributed by atoms with Crippen LogP contribution in [-0.4, -0.2) is 24.7 Å². The summed E-state index contributed by atoms with van der Waals surface area (Å²) in [5.41, 5.74) is 1.59. The number of ether oxygens (including phenoxy) is 1. The number of rotatable bonds is 6. The molecule has 3 rings (SSSR count). The minimum atomic E-state index is -0.558. The van der Waals surface area contributed by atoms with E-state index in [1.54, 1.807) is 17.8 Å². The molecule has 1 N–H and O–H groups in total. The number of hydrogen-bond acceptors (Lipinski definition) is 4. The molecule has 0 aromatic heterocycles. The van der Waals surface area contributed by atoms with Crippen molar-refractivity contribution in [3.8, 4) is 0 Å². The predicted octanol–water partition coefficient (Wildman–Crippen LogP) is 4.76. The average Bonchev–Trinajstić information content (AvgIpc) is 2.71. The van der Waals surface area contributed by atoms with Crippen LogP contribution in [0.2, 0.25) is 0 Å². The first-order valence-electron chi connectivity index (χ1n) is 8.42. The molecule has 0 atom stereocenters. The standard InChI is InChI=1S/C22H19NO3S/c1-27-18-12-9-16(10-13-18)11-14-22(25)26-15-21(24)23-20-8-4-6-17-5-2-3-7-19(17)20/h2-14H,15H2,1H3,(H,23,24)/b14-11+. The summed E-state index contributed by atoms with van der Waals surface area (Å²) in [4.78, 5) is 25.1. The molecule has 0 fully saturated rings. The fraction of sp³-hybridized carbons (Fsp3) is 0.0909. The highest BCUT2D eigenvalue weighted by molar-refractivity contribution is 7.98. The molecule has 0 heterocycles. The lowest BCUT2D eigenvalue weighted by atomic mass is 10.1. The van der Waals surface area contributed by atoms with Gasteiger partial charge in [0.15, 0.2) is 6.61 Å². The third-order valence-electron chi connectivity index (χ3n) is 3.94. The second kappa shape index (κ2) is 9.05. The molecular weight excluding hydrogens is 358 g/mol. The van der Waals surface area contributed by atoms with Crippen LogP contribution in [-0.2, 0) is 14.3 Å². The van der Waals surface area contributed by atoms with Gasteiger partial charge in [-0.15, -0.1) is 11.8 Å². The van der Waals surface area contributed by atoms with Gasteiger partial charge in [-0.2, -0.15) is 0 Å². The molecule has 1 amide bonds. The van der Waals surface area contributed by atoms with Crippen LogP contribution in [0.15, 0.2) is 77.7 Å². The number of thioether (sulfide) groups is 1. The smallest absolute Gasteiger partial charge is 0.331 e. The first kappa shape index (κ1) is 18.7. The monoisotopic (exact) mass is 377 g/mol. The number of hydrogen-bond donors (Lipinski definition) is 1. The van der Waals surface area contributed by atoms with Gasteiger partial charge in [-0.05, 0) is 41.5 Å². The number of esters is 1. The number of amides is 1. The van der Waals surface area contributed by atoms with E-state index in [1.807, 2.05) is 73.0 Å². The van der Waals surface area contributed by atoms with Crippen molar-refractivity contribution < 1.29 is 14.3 Å². The topological polar surface area (TPSA) is 55.4 Å². The molecule has 0 unspecified atom stereocenters. The van der Waals surface area contributed by atoms with Gasteiger partial charge in [0, 0.05) is 22.0 Å². The summed E-state index contributed by atoms with van der Waals surface area (Å²) in [6.07, 6.45) is 4.99. The van der Waals surface area contributed by atoms with E-state index in [9.17, 15) is 9.59 Å². The van der Waals surface area contributed by atoms with Crippen LogP contribution >= 0.6 is 11.8 Å². The molecule has 0 aliphatic rings. The first-order chi connectivity index (χ1) is 13.2. The Bertz CT molecular complexity index is 975. The van der Waals surface area contributed by atoms with Crippen molar-refractivity contribution in [2.45, 2.75) is 4.90 Å². The molecule has 0 saturated heterocycles. The van der Waals surface area contributed by atoms with Crippen molar-refractivity contribution in [2.24, 2.45) is 0 Å². The van der Waals surface area contributed by atoms with Gasteiger partial charge in [-0.25, -0.2) is 4.79 Å². The molecule has 3 aromatic rings. The Balaban J connectivity index is 1.53. The average molecular weight is 377 g/mol. The number of nitrogens with one attached hydrogen (secondary N) is 1.